The standard InChI is InChI=1S/C14H12O2.C5H5N.C2H6O/c15-13(11-7-3-1-4-8-11)14(16)12-9-5-2-6-10-12;1-2-4-6-5-3-1;1-3-2/h1-10,13,15H;1-5H;1-2H3. The van der Waals surface area contributed by atoms with Gasteiger partial charge in [0.2, 0.25) is 0 Å². The van der Waals surface area contributed by atoms with E-state index in [1.165, 1.54) is 0 Å². The number of carbonyl (C=O) groups excluding carboxylic acids is 1. The predicted octanol–water partition coefficient (Wildman–Crippen LogP) is 3.95. The quantitative estimate of drug-likeness (QED) is 0.735. The molecule has 0 fully saturated rings. The summed E-state index contributed by atoms with van der Waals surface area (Å²) in [6, 6.07) is 23.5. The molecule has 0 radical (unpaired) electrons. The average Bonchev–Trinajstić information content (AvgIpc) is 2.70. The van der Waals surface area contributed by atoms with Crippen molar-refractivity contribution < 1.29 is 14.6 Å². The van der Waals surface area contributed by atoms with Gasteiger partial charge in [0.15, 0.2) is 5.78 Å². The van der Waals surface area contributed by atoms with Gasteiger partial charge in [-0.3, -0.25) is 9.78 Å². The van der Waals surface area contributed by atoms with Crippen LogP contribution < -0.4 is 0 Å². The number of aliphatic hydroxyl groups is 1. The first-order chi connectivity index (χ1) is 12.2. The molecule has 0 aliphatic rings. The number of hydrogen-bond donors (Lipinski definition) is 1. The van der Waals surface area contributed by atoms with Gasteiger partial charge in [0.1, 0.15) is 6.10 Å². The van der Waals surface area contributed by atoms with Gasteiger partial charge in [-0.2, -0.15) is 0 Å². The Morgan fingerprint density at radius 3 is 1.68 bits per heavy atom. The zero-order valence-electron chi connectivity index (χ0n) is 14.4. The van der Waals surface area contributed by atoms with Crippen LogP contribution in [0.1, 0.15) is 22.0 Å². The third-order valence-corrected chi connectivity index (χ3v) is 2.99. The van der Waals surface area contributed by atoms with E-state index in [-0.39, 0.29) is 5.78 Å². The first kappa shape index (κ1) is 20.2. The van der Waals surface area contributed by atoms with Crippen molar-refractivity contribution in [1.82, 2.24) is 4.98 Å². The molecule has 1 unspecified atom stereocenters. The first-order valence-electron chi connectivity index (χ1n) is 7.78. The zero-order chi connectivity index (χ0) is 18.3. The van der Waals surface area contributed by atoms with E-state index in [2.05, 4.69) is 9.72 Å². The smallest absolute Gasteiger partial charge is 0.195 e. The fourth-order valence-corrected chi connectivity index (χ4v) is 1.86. The van der Waals surface area contributed by atoms with E-state index < -0.39 is 6.10 Å². The first-order valence-corrected chi connectivity index (χ1v) is 7.78. The number of rotatable bonds is 3. The second-order valence-electron chi connectivity index (χ2n) is 4.98. The number of ether oxygens (including phenoxy) is 1. The molecule has 0 aliphatic heterocycles. The molecule has 0 aliphatic carbocycles. The Labute approximate surface area is 148 Å². The number of Topliss-reactive ketones (excluding diaryl/α,β-unsaturated/α-hetero) is 1. The highest BCUT2D eigenvalue weighted by molar-refractivity contribution is 5.99. The van der Waals surface area contributed by atoms with E-state index in [9.17, 15) is 9.90 Å². The molecule has 1 heterocycles. The molecule has 0 bridgehead atoms. The van der Waals surface area contributed by atoms with E-state index in [1.807, 2.05) is 30.3 Å². The molecule has 0 saturated carbocycles. The van der Waals surface area contributed by atoms with Crippen molar-refractivity contribution in [3.05, 3.63) is 102 Å². The molecule has 3 aromatic rings. The Hall–Kier alpha value is -2.82. The van der Waals surface area contributed by atoms with Crippen molar-refractivity contribution in [3.63, 3.8) is 0 Å². The summed E-state index contributed by atoms with van der Waals surface area (Å²) in [5.41, 5.74) is 1.15. The van der Waals surface area contributed by atoms with E-state index in [0.717, 1.165) is 0 Å². The third kappa shape index (κ3) is 8.01. The molecular formula is C21H23NO3. The van der Waals surface area contributed by atoms with E-state index in [1.54, 1.807) is 75.1 Å². The van der Waals surface area contributed by atoms with Crippen molar-refractivity contribution in [2.45, 2.75) is 6.10 Å². The molecule has 4 heteroatoms. The minimum atomic E-state index is -1.08. The highest BCUT2D eigenvalue weighted by atomic mass is 16.4. The number of benzene rings is 2. The van der Waals surface area contributed by atoms with Crippen molar-refractivity contribution in [2.75, 3.05) is 14.2 Å². The van der Waals surface area contributed by atoms with E-state index in [4.69, 9.17) is 0 Å². The lowest BCUT2D eigenvalue weighted by Gasteiger charge is -2.09. The molecule has 0 spiro atoms. The zero-order valence-corrected chi connectivity index (χ0v) is 14.4. The number of nitrogens with zero attached hydrogens (tertiary/aromatic N) is 1. The lowest BCUT2D eigenvalue weighted by Crippen LogP contribution is -2.11. The summed E-state index contributed by atoms with van der Waals surface area (Å²) >= 11 is 0. The van der Waals surface area contributed by atoms with Gasteiger partial charge in [-0.05, 0) is 17.7 Å². The Balaban J connectivity index is 0.000000287. The lowest BCUT2D eigenvalue weighted by atomic mass is 10.0. The normalized spacial score (nSPS) is 10.4. The Morgan fingerprint density at radius 2 is 1.28 bits per heavy atom. The SMILES string of the molecule is COC.O=C(c1ccccc1)C(O)c1ccccc1.c1ccncc1. The number of methoxy groups -OCH3 is 1. The molecule has 1 atom stereocenters. The fourth-order valence-electron chi connectivity index (χ4n) is 1.86. The Kier molecular flexibility index (Phi) is 10.2. The molecule has 130 valence electrons. The van der Waals surface area contributed by atoms with Crippen LogP contribution in [0.25, 0.3) is 0 Å². The molecule has 0 saturated heterocycles. The highest BCUT2D eigenvalue weighted by Crippen LogP contribution is 2.17. The third-order valence-electron chi connectivity index (χ3n) is 2.99. The minimum Gasteiger partial charge on any atom is -0.388 e. The molecule has 3 rings (SSSR count). The van der Waals surface area contributed by atoms with E-state index in [0.29, 0.717) is 11.1 Å². The monoisotopic (exact) mass is 337 g/mol. The van der Waals surface area contributed by atoms with Gasteiger partial charge in [0.25, 0.3) is 0 Å². The number of ketones is 1. The van der Waals surface area contributed by atoms with Crippen LogP contribution in [0.15, 0.2) is 91.3 Å². The van der Waals surface area contributed by atoms with Crippen LogP contribution in [0.2, 0.25) is 0 Å². The fraction of sp³-hybridized carbons (Fsp3) is 0.143. The second kappa shape index (κ2) is 12.6. The maximum absolute atomic E-state index is 11.9. The summed E-state index contributed by atoms with van der Waals surface area (Å²) in [7, 11) is 3.25. The lowest BCUT2D eigenvalue weighted by molar-refractivity contribution is 0.0747. The van der Waals surface area contributed by atoms with Crippen molar-refractivity contribution in [2.24, 2.45) is 0 Å². The second-order valence-corrected chi connectivity index (χ2v) is 4.98. The molecule has 1 aromatic heterocycles. The summed E-state index contributed by atoms with van der Waals surface area (Å²) in [5, 5.41) is 9.89. The van der Waals surface area contributed by atoms with Crippen LogP contribution in [-0.2, 0) is 4.74 Å². The van der Waals surface area contributed by atoms with Gasteiger partial charge in [-0.25, -0.2) is 0 Å². The molecule has 2 aromatic carbocycles. The van der Waals surface area contributed by atoms with Crippen molar-refractivity contribution >= 4 is 5.78 Å². The van der Waals surface area contributed by atoms with Crippen LogP contribution in [0, 0.1) is 0 Å². The molecule has 25 heavy (non-hydrogen) atoms. The van der Waals surface area contributed by atoms with Gasteiger partial charge < -0.3 is 9.84 Å². The van der Waals surface area contributed by atoms with Gasteiger partial charge in [0.05, 0.1) is 0 Å². The predicted molar refractivity (Wildman–Crippen MR) is 99.3 cm³/mol. The molecule has 1 N–H and O–H groups in total. The summed E-state index contributed by atoms with van der Waals surface area (Å²) in [5.74, 6) is -0.271. The Bertz CT molecular complexity index is 661. The van der Waals surface area contributed by atoms with Gasteiger partial charge in [0, 0.05) is 32.2 Å². The van der Waals surface area contributed by atoms with Crippen molar-refractivity contribution in [3.8, 4) is 0 Å². The van der Waals surface area contributed by atoms with Crippen LogP contribution in [0.3, 0.4) is 0 Å². The van der Waals surface area contributed by atoms with Crippen LogP contribution in [-0.4, -0.2) is 30.1 Å². The largest absolute Gasteiger partial charge is 0.388 e. The van der Waals surface area contributed by atoms with E-state index >= 15 is 0 Å². The van der Waals surface area contributed by atoms with Crippen LogP contribution >= 0.6 is 0 Å². The molecule has 4 nitrogen and oxygen atoms in total. The van der Waals surface area contributed by atoms with Gasteiger partial charge in [-0.1, -0.05) is 66.7 Å². The summed E-state index contributed by atoms with van der Waals surface area (Å²) in [6.07, 6.45) is 2.42. The van der Waals surface area contributed by atoms with Crippen molar-refractivity contribution in [1.29, 1.82) is 0 Å². The number of carbonyl (C=O) groups is 1. The number of aromatic nitrogens is 1. The number of aliphatic hydroxyl groups excluding tert-OH is 1. The van der Waals surface area contributed by atoms with Gasteiger partial charge >= 0.3 is 0 Å². The molecular weight excluding hydrogens is 314 g/mol. The van der Waals surface area contributed by atoms with Gasteiger partial charge in [-0.15, -0.1) is 0 Å². The maximum atomic E-state index is 11.9. The number of pyridine rings is 1. The Morgan fingerprint density at radius 1 is 0.840 bits per heavy atom. The minimum absolute atomic E-state index is 0.271. The van der Waals surface area contributed by atoms with Crippen LogP contribution in [0.5, 0.6) is 0 Å². The summed E-state index contributed by atoms with van der Waals surface area (Å²) in [4.78, 5) is 15.7. The summed E-state index contributed by atoms with van der Waals surface area (Å²) < 4.78 is 4.25. The molecule has 0 amide bonds. The highest BCUT2D eigenvalue weighted by Gasteiger charge is 2.18. The maximum Gasteiger partial charge on any atom is 0.195 e. The summed E-state index contributed by atoms with van der Waals surface area (Å²) in [6.45, 7) is 0. The number of hydrogen-bond acceptors (Lipinski definition) is 4. The average molecular weight is 337 g/mol. The van der Waals surface area contributed by atoms with Crippen LogP contribution in [0.4, 0.5) is 0 Å². The topological polar surface area (TPSA) is 59.4 Å².